The topological polar surface area (TPSA) is 60.1 Å². The zero-order valence-corrected chi connectivity index (χ0v) is 10.2. The second-order valence-electron chi connectivity index (χ2n) is 3.31. The van der Waals surface area contributed by atoms with Crippen molar-refractivity contribution in [2.45, 2.75) is 13.1 Å². The van der Waals surface area contributed by atoms with Crippen molar-refractivity contribution < 1.29 is 9.21 Å². The van der Waals surface area contributed by atoms with E-state index in [2.05, 4.69) is 10.3 Å². The Labute approximate surface area is 107 Å². The number of aromatic nitrogens is 2. The molecule has 1 N–H and O–H groups in total. The van der Waals surface area contributed by atoms with E-state index in [4.69, 9.17) is 27.6 Å². The Bertz CT molecular complexity index is 508. The summed E-state index contributed by atoms with van der Waals surface area (Å²) in [6.45, 7) is 0.408. The highest BCUT2D eigenvalue weighted by atomic mass is 35.5. The first-order chi connectivity index (χ1) is 8.16. The molecule has 1 amide bonds. The Morgan fingerprint density at radius 1 is 1.53 bits per heavy atom. The lowest BCUT2D eigenvalue weighted by Crippen LogP contribution is -2.26. The molecular weight excluding hydrogens is 265 g/mol. The van der Waals surface area contributed by atoms with Crippen molar-refractivity contribution >= 4 is 29.1 Å². The Balaban J connectivity index is 1.87. The van der Waals surface area contributed by atoms with Crippen LogP contribution in [0.5, 0.6) is 0 Å². The smallest absolute Gasteiger partial charge is 0.240 e. The molecule has 90 valence electrons. The third-order valence-electron chi connectivity index (χ3n) is 2.09. The van der Waals surface area contributed by atoms with E-state index < -0.39 is 0 Å². The minimum absolute atomic E-state index is 0.0687. The molecule has 2 aromatic rings. The maximum absolute atomic E-state index is 11.6. The summed E-state index contributed by atoms with van der Waals surface area (Å²) in [5.74, 6) is 0.491. The van der Waals surface area contributed by atoms with E-state index in [-0.39, 0.29) is 22.8 Å². The highest BCUT2D eigenvalue weighted by Crippen LogP contribution is 2.18. The maximum Gasteiger partial charge on any atom is 0.240 e. The van der Waals surface area contributed by atoms with Gasteiger partial charge in [0.2, 0.25) is 5.91 Å². The normalized spacial score (nSPS) is 10.5. The summed E-state index contributed by atoms with van der Waals surface area (Å²) in [6, 6.07) is 3.54. The van der Waals surface area contributed by atoms with Crippen molar-refractivity contribution in [1.82, 2.24) is 14.9 Å². The van der Waals surface area contributed by atoms with Gasteiger partial charge in [0.25, 0.3) is 0 Å². The van der Waals surface area contributed by atoms with Gasteiger partial charge < -0.3 is 14.3 Å². The molecule has 7 heteroatoms. The van der Waals surface area contributed by atoms with Crippen molar-refractivity contribution in [1.29, 1.82) is 0 Å². The number of furan rings is 1. The number of nitrogens with zero attached hydrogens (tertiary/aromatic N) is 2. The summed E-state index contributed by atoms with van der Waals surface area (Å²) in [4.78, 5) is 15.3. The van der Waals surface area contributed by atoms with Crippen LogP contribution < -0.4 is 5.32 Å². The third kappa shape index (κ3) is 3.01. The average Bonchev–Trinajstić information content (AvgIpc) is 2.92. The number of carbonyl (C=O) groups excluding carboxylic acids is 1. The number of hydrogen-bond acceptors (Lipinski definition) is 3. The molecule has 2 rings (SSSR count). The van der Waals surface area contributed by atoms with Crippen LogP contribution in [-0.2, 0) is 17.9 Å². The first-order valence-electron chi connectivity index (χ1n) is 4.82. The van der Waals surface area contributed by atoms with E-state index in [0.29, 0.717) is 12.3 Å². The summed E-state index contributed by atoms with van der Waals surface area (Å²) in [5, 5.41) is 3.12. The summed E-state index contributed by atoms with van der Waals surface area (Å²) in [7, 11) is 0. The number of hydrogen-bond donors (Lipinski definition) is 1. The number of nitrogens with one attached hydrogen (secondary N) is 1. The molecule has 0 aromatic carbocycles. The van der Waals surface area contributed by atoms with Gasteiger partial charge in [0.05, 0.1) is 19.1 Å². The Morgan fingerprint density at radius 2 is 2.35 bits per heavy atom. The van der Waals surface area contributed by atoms with Crippen LogP contribution >= 0.6 is 23.2 Å². The van der Waals surface area contributed by atoms with E-state index in [1.165, 1.54) is 10.9 Å². The van der Waals surface area contributed by atoms with Crippen LogP contribution in [0, 0.1) is 0 Å². The van der Waals surface area contributed by atoms with E-state index in [9.17, 15) is 4.79 Å². The molecular formula is C10H9Cl2N3O2. The standard InChI is InChI=1S/C10H9Cl2N3O2/c11-9-10(12)15(6-14-9)5-8(16)13-4-7-2-1-3-17-7/h1-3,6H,4-5H2,(H,13,16). The quantitative estimate of drug-likeness (QED) is 0.928. The van der Waals surface area contributed by atoms with Crippen LogP contribution in [0.2, 0.25) is 10.3 Å². The monoisotopic (exact) mass is 273 g/mol. The van der Waals surface area contributed by atoms with Crippen LogP contribution in [0.3, 0.4) is 0 Å². The lowest BCUT2D eigenvalue weighted by molar-refractivity contribution is -0.121. The molecule has 0 radical (unpaired) electrons. The molecule has 0 saturated carbocycles. The van der Waals surface area contributed by atoms with Gasteiger partial charge in [0.15, 0.2) is 5.15 Å². The number of amides is 1. The second-order valence-corrected chi connectivity index (χ2v) is 4.03. The largest absolute Gasteiger partial charge is 0.467 e. The minimum atomic E-state index is -0.197. The van der Waals surface area contributed by atoms with Gasteiger partial charge in [-0.1, -0.05) is 23.2 Å². The molecule has 0 fully saturated rings. The van der Waals surface area contributed by atoms with E-state index in [1.54, 1.807) is 18.4 Å². The maximum atomic E-state index is 11.6. The van der Waals surface area contributed by atoms with Gasteiger partial charge >= 0.3 is 0 Å². The number of rotatable bonds is 4. The van der Waals surface area contributed by atoms with Crippen LogP contribution in [0.25, 0.3) is 0 Å². The summed E-state index contributed by atoms with van der Waals surface area (Å²) >= 11 is 11.5. The fourth-order valence-electron chi connectivity index (χ4n) is 1.26. The average molecular weight is 274 g/mol. The summed E-state index contributed by atoms with van der Waals surface area (Å²) < 4.78 is 6.54. The Hall–Kier alpha value is -1.46. The zero-order chi connectivity index (χ0) is 12.3. The highest BCUT2D eigenvalue weighted by Gasteiger charge is 2.09. The fraction of sp³-hybridized carbons (Fsp3) is 0.200. The van der Waals surface area contributed by atoms with E-state index in [1.807, 2.05) is 0 Å². The van der Waals surface area contributed by atoms with Crippen molar-refractivity contribution in [3.63, 3.8) is 0 Å². The number of halogens is 2. The van der Waals surface area contributed by atoms with Gasteiger partial charge in [-0.2, -0.15) is 0 Å². The van der Waals surface area contributed by atoms with Gasteiger partial charge in [-0.25, -0.2) is 4.98 Å². The molecule has 0 aliphatic rings. The van der Waals surface area contributed by atoms with Gasteiger partial charge in [-0.05, 0) is 12.1 Å². The number of imidazole rings is 1. The highest BCUT2D eigenvalue weighted by molar-refractivity contribution is 6.40. The molecule has 17 heavy (non-hydrogen) atoms. The van der Waals surface area contributed by atoms with Gasteiger partial charge in [0, 0.05) is 0 Å². The first-order valence-corrected chi connectivity index (χ1v) is 5.57. The number of carbonyl (C=O) groups is 1. The van der Waals surface area contributed by atoms with Crippen LogP contribution in [0.1, 0.15) is 5.76 Å². The molecule has 0 unspecified atom stereocenters. The first kappa shape index (κ1) is 12.0. The molecule has 5 nitrogen and oxygen atoms in total. The second kappa shape index (κ2) is 5.25. The Kier molecular flexibility index (Phi) is 3.71. The van der Waals surface area contributed by atoms with Crippen LogP contribution in [-0.4, -0.2) is 15.5 Å². The van der Waals surface area contributed by atoms with Gasteiger partial charge in [-0.15, -0.1) is 0 Å². The molecule has 0 atom stereocenters. The Morgan fingerprint density at radius 3 is 2.94 bits per heavy atom. The SMILES string of the molecule is O=C(Cn1cnc(Cl)c1Cl)NCc1ccco1. The fourth-order valence-corrected chi connectivity index (χ4v) is 1.57. The molecule has 0 aliphatic carbocycles. The van der Waals surface area contributed by atoms with Gasteiger partial charge in [-0.3, -0.25) is 4.79 Å². The van der Waals surface area contributed by atoms with E-state index >= 15 is 0 Å². The minimum Gasteiger partial charge on any atom is -0.467 e. The molecule has 0 saturated heterocycles. The lowest BCUT2D eigenvalue weighted by atomic mass is 10.4. The van der Waals surface area contributed by atoms with Crippen LogP contribution in [0.15, 0.2) is 29.1 Å². The molecule has 2 heterocycles. The molecule has 0 bridgehead atoms. The van der Waals surface area contributed by atoms with Gasteiger partial charge in [0.1, 0.15) is 17.5 Å². The van der Waals surface area contributed by atoms with Crippen molar-refractivity contribution in [2.24, 2.45) is 0 Å². The third-order valence-corrected chi connectivity index (χ3v) is 2.86. The van der Waals surface area contributed by atoms with E-state index in [0.717, 1.165) is 0 Å². The summed E-state index contributed by atoms with van der Waals surface area (Å²) in [5.41, 5.74) is 0. The predicted octanol–water partition coefficient (Wildman–Crippen LogP) is 2.10. The van der Waals surface area contributed by atoms with Crippen molar-refractivity contribution in [3.05, 3.63) is 40.8 Å². The predicted molar refractivity (Wildman–Crippen MR) is 62.8 cm³/mol. The lowest BCUT2D eigenvalue weighted by Gasteiger charge is -2.04. The summed E-state index contributed by atoms with van der Waals surface area (Å²) in [6.07, 6.45) is 2.96. The van der Waals surface area contributed by atoms with Crippen molar-refractivity contribution in [3.8, 4) is 0 Å². The molecule has 2 aromatic heterocycles. The van der Waals surface area contributed by atoms with Crippen molar-refractivity contribution in [2.75, 3.05) is 0 Å². The molecule has 0 aliphatic heterocycles. The molecule has 0 spiro atoms. The zero-order valence-electron chi connectivity index (χ0n) is 8.69. The van der Waals surface area contributed by atoms with Crippen LogP contribution in [0.4, 0.5) is 0 Å².